The molecule has 2 rings (SSSR count). The Morgan fingerprint density at radius 2 is 2.28 bits per heavy atom. The lowest BCUT2D eigenvalue weighted by Crippen LogP contribution is -2.49. The van der Waals surface area contributed by atoms with Gasteiger partial charge >= 0.3 is 5.97 Å². The van der Waals surface area contributed by atoms with E-state index in [1.807, 2.05) is 0 Å². The molecule has 0 aromatic carbocycles. The van der Waals surface area contributed by atoms with Crippen molar-refractivity contribution in [3.05, 3.63) is 5.69 Å². The minimum atomic E-state index is -1.01. The third kappa shape index (κ3) is 2.40. The summed E-state index contributed by atoms with van der Waals surface area (Å²) in [5.41, 5.74) is 5.33. The largest absolute Gasteiger partial charge is 0.481 e. The Labute approximate surface area is 101 Å². The van der Waals surface area contributed by atoms with Gasteiger partial charge in [0.25, 0.3) is 5.91 Å². The first kappa shape index (κ1) is 12.3. The number of carbonyl (C=O) groups excluding carboxylic acids is 1. The highest BCUT2D eigenvalue weighted by atomic mass is 16.6. The van der Waals surface area contributed by atoms with Crippen LogP contribution in [0.15, 0.2) is 4.63 Å². The van der Waals surface area contributed by atoms with Crippen LogP contribution in [0.25, 0.3) is 0 Å². The SMILES string of the molecule is Nc1nonc1C(=O)N1CCOCC1CC(=O)O. The molecule has 0 spiro atoms. The Morgan fingerprint density at radius 3 is 2.89 bits per heavy atom. The van der Waals surface area contributed by atoms with Crippen molar-refractivity contribution in [2.45, 2.75) is 12.5 Å². The lowest BCUT2D eigenvalue weighted by atomic mass is 10.1. The molecule has 0 radical (unpaired) electrons. The van der Waals surface area contributed by atoms with Crippen molar-refractivity contribution in [2.24, 2.45) is 0 Å². The number of nitrogens with zero attached hydrogens (tertiary/aromatic N) is 3. The van der Waals surface area contributed by atoms with Crippen LogP contribution in [-0.4, -0.2) is 58.0 Å². The van der Waals surface area contributed by atoms with Crippen molar-refractivity contribution in [3.63, 3.8) is 0 Å². The molecule has 98 valence electrons. The smallest absolute Gasteiger partial charge is 0.305 e. The van der Waals surface area contributed by atoms with E-state index in [4.69, 9.17) is 15.6 Å². The molecule has 18 heavy (non-hydrogen) atoms. The molecular weight excluding hydrogens is 244 g/mol. The minimum Gasteiger partial charge on any atom is -0.481 e. The fraction of sp³-hybridized carbons (Fsp3) is 0.556. The molecule has 1 unspecified atom stereocenters. The van der Waals surface area contributed by atoms with E-state index in [0.29, 0.717) is 6.61 Å². The number of carboxylic acid groups (broad SMARTS) is 1. The topological polar surface area (TPSA) is 132 Å². The summed E-state index contributed by atoms with van der Waals surface area (Å²) in [4.78, 5) is 24.2. The molecule has 1 atom stereocenters. The van der Waals surface area contributed by atoms with E-state index in [2.05, 4.69) is 14.9 Å². The molecule has 0 aliphatic carbocycles. The van der Waals surface area contributed by atoms with Crippen molar-refractivity contribution in [2.75, 3.05) is 25.5 Å². The van der Waals surface area contributed by atoms with E-state index in [1.54, 1.807) is 0 Å². The van der Waals surface area contributed by atoms with Gasteiger partial charge in [0.2, 0.25) is 11.5 Å². The molecule has 1 aliphatic rings. The summed E-state index contributed by atoms with van der Waals surface area (Å²) >= 11 is 0. The van der Waals surface area contributed by atoms with E-state index in [9.17, 15) is 9.59 Å². The van der Waals surface area contributed by atoms with Gasteiger partial charge in [0.15, 0.2) is 0 Å². The van der Waals surface area contributed by atoms with Gasteiger partial charge in [0.1, 0.15) is 0 Å². The van der Waals surface area contributed by atoms with Crippen LogP contribution < -0.4 is 5.73 Å². The molecule has 1 aliphatic heterocycles. The Bertz CT molecular complexity index is 460. The minimum absolute atomic E-state index is 0.104. The van der Waals surface area contributed by atoms with E-state index >= 15 is 0 Å². The standard InChI is InChI=1S/C9H12N4O5/c10-8-7(11-18-12-8)9(16)13-1-2-17-4-5(13)3-6(14)15/h5H,1-4H2,(H2,10,12)(H,14,15). The maximum Gasteiger partial charge on any atom is 0.305 e. The second kappa shape index (κ2) is 5.00. The van der Waals surface area contributed by atoms with Gasteiger partial charge in [-0.05, 0) is 10.3 Å². The molecule has 1 fully saturated rings. The van der Waals surface area contributed by atoms with Gasteiger partial charge in [-0.1, -0.05) is 0 Å². The van der Waals surface area contributed by atoms with Gasteiger partial charge in [-0.15, -0.1) is 0 Å². The summed E-state index contributed by atoms with van der Waals surface area (Å²) in [5, 5.41) is 15.5. The summed E-state index contributed by atoms with van der Waals surface area (Å²) < 4.78 is 9.52. The van der Waals surface area contributed by atoms with Crippen LogP contribution >= 0.6 is 0 Å². The molecule has 9 nitrogen and oxygen atoms in total. The normalized spacial score (nSPS) is 19.8. The Balaban J connectivity index is 2.16. The predicted molar refractivity (Wildman–Crippen MR) is 56.6 cm³/mol. The summed E-state index contributed by atoms with van der Waals surface area (Å²) in [6.45, 7) is 0.791. The molecule has 2 heterocycles. The fourth-order valence-corrected chi connectivity index (χ4v) is 1.77. The summed E-state index contributed by atoms with van der Waals surface area (Å²) in [6.07, 6.45) is -0.197. The highest BCUT2D eigenvalue weighted by Gasteiger charge is 2.32. The third-order valence-electron chi connectivity index (χ3n) is 2.62. The van der Waals surface area contributed by atoms with E-state index < -0.39 is 17.9 Å². The number of carboxylic acids is 1. The van der Waals surface area contributed by atoms with Crippen molar-refractivity contribution in [3.8, 4) is 0 Å². The number of amides is 1. The van der Waals surface area contributed by atoms with Crippen LogP contribution in [0.5, 0.6) is 0 Å². The van der Waals surface area contributed by atoms with Crippen LogP contribution in [0, 0.1) is 0 Å². The number of hydrogen-bond acceptors (Lipinski definition) is 7. The molecule has 1 saturated heterocycles. The third-order valence-corrected chi connectivity index (χ3v) is 2.62. The van der Waals surface area contributed by atoms with Crippen molar-refractivity contribution >= 4 is 17.7 Å². The van der Waals surface area contributed by atoms with Crippen molar-refractivity contribution < 1.29 is 24.1 Å². The number of hydrogen-bond donors (Lipinski definition) is 2. The van der Waals surface area contributed by atoms with E-state index in [0.717, 1.165) is 0 Å². The zero-order chi connectivity index (χ0) is 13.1. The van der Waals surface area contributed by atoms with E-state index in [1.165, 1.54) is 4.90 Å². The average Bonchev–Trinajstić information content (AvgIpc) is 2.74. The van der Waals surface area contributed by atoms with Crippen LogP contribution in [0.2, 0.25) is 0 Å². The predicted octanol–water partition coefficient (Wildman–Crippen LogP) is -1.03. The van der Waals surface area contributed by atoms with Gasteiger partial charge in [-0.25, -0.2) is 4.63 Å². The highest BCUT2D eigenvalue weighted by molar-refractivity contribution is 5.96. The molecule has 0 saturated carbocycles. The first-order valence-electron chi connectivity index (χ1n) is 5.28. The molecule has 9 heteroatoms. The number of morpholine rings is 1. The maximum absolute atomic E-state index is 12.1. The summed E-state index contributed by atoms with van der Waals surface area (Å²) in [7, 11) is 0. The number of nitrogen functional groups attached to an aromatic ring is 1. The molecule has 3 N–H and O–H groups in total. The quantitative estimate of drug-likeness (QED) is 0.701. The number of aromatic nitrogens is 2. The van der Waals surface area contributed by atoms with Gasteiger partial charge in [0, 0.05) is 6.54 Å². The van der Waals surface area contributed by atoms with Crippen molar-refractivity contribution in [1.82, 2.24) is 15.2 Å². The molecule has 1 aromatic rings. The van der Waals surface area contributed by atoms with Gasteiger partial charge in [-0.3, -0.25) is 9.59 Å². The number of nitrogens with two attached hydrogens (primary N) is 1. The van der Waals surface area contributed by atoms with Gasteiger partial charge in [0.05, 0.1) is 25.7 Å². The Morgan fingerprint density at radius 1 is 1.50 bits per heavy atom. The zero-order valence-electron chi connectivity index (χ0n) is 9.40. The van der Waals surface area contributed by atoms with Crippen LogP contribution in [-0.2, 0) is 9.53 Å². The average molecular weight is 256 g/mol. The molecule has 0 bridgehead atoms. The van der Waals surface area contributed by atoms with Gasteiger partial charge in [-0.2, -0.15) is 0 Å². The summed E-state index contributed by atoms with van der Waals surface area (Å²) in [6, 6.07) is -0.542. The molecular formula is C9H12N4O5. The molecule has 1 amide bonds. The first-order chi connectivity index (χ1) is 8.59. The monoisotopic (exact) mass is 256 g/mol. The number of anilines is 1. The Kier molecular flexibility index (Phi) is 3.42. The lowest BCUT2D eigenvalue weighted by Gasteiger charge is -2.34. The second-order valence-corrected chi connectivity index (χ2v) is 3.82. The number of aliphatic carboxylic acids is 1. The lowest BCUT2D eigenvalue weighted by molar-refractivity contribution is -0.139. The highest BCUT2D eigenvalue weighted by Crippen LogP contribution is 2.16. The molecule has 1 aromatic heterocycles. The second-order valence-electron chi connectivity index (χ2n) is 3.82. The van der Waals surface area contributed by atoms with Gasteiger partial charge < -0.3 is 20.5 Å². The zero-order valence-corrected chi connectivity index (χ0v) is 9.40. The van der Waals surface area contributed by atoms with Crippen molar-refractivity contribution in [1.29, 1.82) is 0 Å². The van der Waals surface area contributed by atoms with Crippen LogP contribution in [0.4, 0.5) is 5.82 Å². The fourth-order valence-electron chi connectivity index (χ4n) is 1.77. The van der Waals surface area contributed by atoms with E-state index in [-0.39, 0.29) is 31.1 Å². The number of rotatable bonds is 3. The summed E-state index contributed by atoms with van der Waals surface area (Å²) in [5.74, 6) is -1.61. The number of ether oxygens (including phenoxy) is 1. The Hall–Kier alpha value is -2.16. The first-order valence-corrected chi connectivity index (χ1v) is 5.28. The maximum atomic E-state index is 12.1. The van der Waals surface area contributed by atoms with Crippen LogP contribution in [0.1, 0.15) is 16.9 Å². The van der Waals surface area contributed by atoms with Crippen LogP contribution in [0.3, 0.4) is 0 Å². The number of carbonyl (C=O) groups is 2.